The molecule has 2 aliphatic rings. The predicted molar refractivity (Wildman–Crippen MR) is 110 cm³/mol. The van der Waals surface area contributed by atoms with Crippen LogP contribution in [-0.2, 0) is 6.42 Å². The highest BCUT2D eigenvalue weighted by Gasteiger charge is 2.37. The van der Waals surface area contributed by atoms with Crippen molar-refractivity contribution in [3.63, 3.8) is 0 Å². The Morgan fingerprint density at radius 1 is 1.03 bits per heavy atom. The number of halogens is 6. The van der Waals surface area contributed by atoms with Crippen molar-refractivity contribution in [1.82, 2.24) is 0 Å². The first-order valence-corrected chi connectivity index (χ1v) is 10.8. The average molecular weight is 454 g/mol. The van der Waals surface area contributed by atoms with Crippen molar-refractivity contribution in [2.75, 3.05) is 0 Å². The number of allylic oxidation sites excluding steroid dienone is 1. The Hall–Kier alpha value is -2.44. The molecule has 4 rings (SSSR count). The van der Waals surface area contributed by atoms with Gasteiger partial charge in [-0.2, -0.15) is 0 Å². The van der Waals surface area contributed by atoms with Crippen LogP contribution < -0.4 is 4.74 Å². The standard InChI is InChI=1S/C25H24F6O/c1-2-3-4-14-5-8-17-15(11-14)6-9-18-19(17)13-21(27)23(24(18)28)16-7-10-22(20(26)12-16)32-25(29,30)31/h2,7,10,12-15,17H,1,3-6,8-9,11H2. The van der Waals surface area contributed by atoms with Crippen LogP contribution in [0.15, 0.2) is 36.9 Å². The molecule has 0 saturated heterocycles. The fourth-order valence-corrected chi connectivity index (χ4v) is 5.43. The highest BCUT2D eigenvalue weighted by atomic mass is 19.4. The minimum absolute atomic E-state index is 0.0936. The smallest absolute Gasteiger partial charge is 0.403 e. The molecule has 0 N–H and O–H groups in total. The van der Waals surface area contributed by atoms with Gasteiger partial charge < -0.3 is 4.74 Å². The molecule has 1 nitrogen and oxygen atoms in total. The lowest BCUT2D eigenvalue weighted by atomic mass is 9.64. The van der Waals surface area contributed by atoms with Gasteiger partial charge in [0.05, 0.1) is 5.56 Å². The quantitative estimate of drug-likeness (QED) is 0.328. The fourth-order valence-electron chi connectivity index (χ4n) is 5.43. The molecule has 3 unspecified atom stereocenters. The molecular formula is C25H24F6O. The summed E-state index contributed by atoms with van der Waals surface area (Å²) in [4.78, 5) is 0. The highest BCUT2D eigenvalue weighted by Crippen LogP contribution is 2.49. The van der Waals surface area contributed by atoms with Gasteiger partial charge in [0.15, 0.2) is 11.6 Å². The number of hydrogen-bond acceptors (Lipinski definition) is 1. The molecule has 0 heterocycles. The summed E-state index contributed by atoms with van der Waals surface area (Å²) in [5.41, 5.74) is 0.535. The molecule has 0 amide bonds. The van der Waals surface area contributed by atoms with Gasteiger partial charge in [0.1, 0.15) is 11.6 Å². The molecular weight excluding hydrogens is 430 g/mol. The van der Waals surface area contributed by atoms with E-state index < -0.39 is 35.1 Å². The molecule has 3 atom stereocenters. The van der Waals surface area contributed by atoms with Crippen LogP contribution in [-0.4, -0.2) is 6.36 Å². The summed E-state index contributed by atoms with van der Waals surface area (Å²) < 4.78 is 85.3. The zero-order valence-electron chi connectivity index (χ0n) is 17.5. The average Bonchev–Trinajstić information content (AvgIpc) is 2.73. The zero-order valence-corrected chi connectivity index (χ0v) is 17.5. The summed E-state index contributed by atoms with van der Waals surface area (Å²) in [7, 11) is 0. The van der Waals surface area contributed by atoms with Crippen LogP contribution in [0, 0.1) is 29.3 Å². The Labute approximate surface area is 183 Å². The first-order chi connectivity index (χ1) is 15.2. The molecule has 0 aromatic heterocycles. The molecule has 2 aliphatic carbocycles. The number of rotatable bonds is 5. The van der Waals surface area contributed by atoms with Crippen molar-refractivity contribution in [1.29, 1.82) is 0 Å². The van der Waals surface area contributed by atoms with Gasteiger partial charge in [0, 0.05) is 0 Å². The van der Waals surface area contributed by atoms with Gasteiger partial charge in [-0.1, -0.05) is 12.1 Å². The predicted octanol–water partition coefficient (Wildman–Crippen LogP) is 8.08. The Balaban J connectivity index is 1.63. The fraction of sp³-hybridized carbons (Fsp3) is 0.440. The molecule has 1 saturated carbocycles. The molecule has 0 spiro atoms. The first kappa shape index (κ1) is 22.7. The summed E-state index contributed by atoms with van der Waals surface area (Å²) in [6, 6.07) is 3.78. The Morgan fingerprint density at radius 2 is 1.81 bits per heavy atom. The topological polar surface area (TPSA) is 9.23 Å². The van der Waals surface area contributed by atoms with E-state index in [1.54, 1.807) is 0 Å². The second kappa shape index (κ2) is 8.83. The lowest BCUT2D eigenvalue weighted by Gasteiger charge is -2.41. The number of benzene rings is 2. The number of fused-ring (bicyclic) bond motifs is 3. The van der Waals surface area contributed by atoms with E-state index >= 15 is 8.78 Å². The lowest BCUT2D eigenvalue weighted by molar-refractivity contribution is -0.275. The molecule has 2 aromatic rings. The summed E-state index contributed by atoms with van der Waals surface area (Å²) in [6.07, 6.45) is 3.08. The Bertz CT molecular complexity index is 1010. The van der Waals surface area contributed by atoms with Crippen LogP contribution in [0.5, 0.6) is 5.75 Å². The van der Waals surface area contributed by atoms with E-state index in [0.29, 0.717) is 35.4 Å². The summed E-state index contributed by atoms with van der Waals surface area (Å²) >= 11 is 0. The molecule has 0 bridgehead atoms. The highest BCUT2D eigenvalue weighted by molar-refractivity contribution is 5.68. The van der Waals surface area contributed by atoms with Gasteiger partial charge in [-0.3, -0.25) is 0 Å². The maximum atomic E-state index is 15.4. The van der Waals surface area contributed by atoms with E-state index in [2.05, 4.69) is 11.3 Å². The van der Waals surface area contributed by atoms with Gasteiger partial charge in [0.25, 0.3) is 0 Å². The number of alkyl halides is 3. The maximum absolute atomic E-state index is 15.4. The molecule has 2 aromatic carbocycles. The second-order valence-electron chi connectivity index (χ2n) is 8.76. The minimum Gasteiger partial charge on any atom is -0.403 e. The van der Waals surface area contributed by atoms with Crippen LogP contribution in [0.2, 0.25) is 0 Å². The van der Waals surface area contributed by atoms with Crippen molar-refractivity contribution in [2.45, 2.75) is 57.2 Å². The Morgan fingerprint density at radius 3 is 2.50 bits per heavy atom. The minimum atomic E-state index is -5.06. The van der Waals surface area contributed by atoms with Crippen molar-refractivity contribution in [3.8, 4) is 16.9 Å². The van der Waals surface area contributed by atoms with E-state index in [-0.39, 0.29) is 11.5 Å². The monoisotopic (exact) mass is 454 g/mol. The van der Waals surface area contributed by atoms with E-state index in [1.807, 2.05) is 6.08 Å². The second-order valence-corrected chi connectivity index (χ2v) is 8.76. The normalized spacial score (nSPS) is 22.8. The van der Waals surface area contributed by atoms with E-state index in [1.165, 1.54) is 6.07 Å². The van der Waals surface area contributed by atoms with Crippen LogP contribution in [0.3, 0.4) is 0 Å². The van der Waals surface area contributed by atoms with Gasteiger partial charge in [-0.05, 0) is 97.6 Å². The molecule has 7 heteroatoms. The first-order valence-electron chi connectivity index (χ1n) is 10.8. The third-order valence-corrected chi connectivity index (χ3v) is 6.83. The van der Waals surface area contributed by atoms with E-state index in [0.717, 1.165) is 50.7 Å². The zero-order chi connectivity index (χ0) is 23.0. The van der Waals surface area contributed by atoms with Crippen molar-refractivity contribution < 1.29 is 31.1 Å². The third-order valence-electron chi connectivity index (χ3n) is 6.83. The van der Waals surface area contributed by atoms with Gasteiger partial charge in [-0.25, -0.2) is 13.2 Å². The molecule has 0 aliphatic heterocycles. The molecule has 0 radical (unpaired) electrons. The third kappa shape index (κ3) is 4.52. The SMILES string of the molecule is C=CCCC1CCC2c3cc(F)c(-c4ccc(OC(F)(F)F)c(F)c4)c(F)c3CCC2C1. The van der Waals surface area contributed by atoms with Crippen molar-refractivity contribution >= 4 is 0 Å². The largest absolute Gasteiger partial charge is 0.573 e. The molecule has 32 heavy (non-hydrogen) atoms. The van der Waals surface area contributed by atoms with E-state index in [9.17, 15) is 17.6 Å². The lowest BCUT2D eigenvalue weighted by Crippen LogP contribution is -2.29. The number of hydrogen-bond donors (Lipinski definition) is 0. The summed E-state index contributed by atoms with van der Waals surface area (Å²) in [6.45, 7) is 3.77. The van der Waals surface area contributed by atoms with E-state index in [4.69, 9.17) is 0 Å². The summed E-state index contributed by atoms with van der Waals surface area (Å²) in [5, 5.41) is 0. The maximum Gasteiger partial charge on any atom is 0.573 e. The van der Waals surface area contributed by atoms with Gasteiger partial charge >= 0.3 is 6.36 Å². The molecule has 1 fully saturated rings. The molecule has 172 valence electrons. The summed E-state index contributed by atoms with van der Waals surface area (Å²) in [5.74, 6) is -2.89. The van der Waals surface area contributed by atoms with Crippen LogP contribution in [0.25, 0.3) is 11.1 Å². The van der Waals surface area contributed by atoms with Crippen molar-refractivity contribution in [3.05, 3.63) is 65.5 Å². The van der Waals surface area contributed by atoms with Gasteiger partial charge in [0.2, 0.25) is 0 Å². The van der Waals surface area contributed by atoms with Crippen molar-refractivity contribution in [2.24, 2.45) is 11.8 Å². The van der Waals surface area contributed by atoms with Crippen LogP contribution in [0.4, 0.5) is 26.3 Å². The number of ether oxygens (including phenoxy) is 1. The van der Waals surface area contributed by atoms with Crippen LogP contribution in [0.1, 0.15) is 55.6 Å². The van der Waals surface area contributed by atoms with Gasteiger partial charge in [-0.15, -0.1) is 19.8 Å². The Kier molecular flexibility index (Phi) is 6.28. The van der Waals surface area contributed by atoms with Crippen LogP contribution >= 0.6 is 0 Å².